The van der Waals surface area contributed by atoms with E-state index in [9.17, 15) is 0 Å². The third-order valence-corrected chi connectivity index (χ3v) is 2.88. The van der Waals surface area contributed by atoms with Gasteiger partial charge in [-0.1, -0.05) is 27.2 Å². The summed E-state index contributed by atoms with van der Waals surface area (Å²) in [6.07, 6.45) is 2.34. The Morgan fingerprint density at radius 1 is 1.22 bits per heavy atom. The largest absolute Gasteiger partial charge is 0.474 e. The zero-order valence-electron chi connectivity index (χ0n) is 12.4. The SMILES string of the molecule is CCCC(C)Oc1nc(C(C)C)nc(NC)c1C. The predicted molar refractivity (Wildman–Crippen MR) is 75.4 cm³/mol. The Morgan fingerprint density at radius 3 is 2.39 bits per heavy atom. The molecule has 1 aromatic rings. The van der Waals surface area contributed by atoms with Gasteiger partial charge in [0.25, 0.3) is 0 Å². The van der Waals surface area contributed by atoms with Crippen molar-refractivity contribution in [3.05, 3.63) is 11.4 Å². The van der Waals surface area contributed by atoms with Crippen molar-refractivity contribution in [1.29, 1.82) is 0 Å². The van der Waals surface area contributed by atoms with Gasteiger partial charge in [0.15, 0.2) is 0 Å². The van der Waals surface area contributed by atoms with Crippen molar-refractivity contribution in [2.45, 2.75) is 59.5 Å². The van der Waals surface area contributed by atoms with Crippen LogP contribution in [0.2, 0.25) is 0 Å². The molecule has 0 saturated heterocycles. The van der Waals surface area contributed by atoms with Crippen LogP contribution in [0.5, 0.6) is 5.88 Å². The maximum Gasteiger partial charge on any atom is 0.222 e. The van der Waals surface area contributed by atoms with Crippen molar-refractivity contribution in [3.8, 4) is 5.88 Å². The second kappa shape index (κ2) is 6.57. The van der Waals surface area contributed by atoms with Gasteiger partial charge in [-0.3, -0.25) is 0 Å². The molecule has 4 heteroatoms. The normalized spacial score (nSPS) is 12.6. The summed E-state index contributed by atoms with van der Waals surface area (Å²) in [5, 5.41) is 3.11. The third kappa shape index (κ3) is 3.59. The van der Waals surface area contributed by atoms with Crippen LogP contribution in [0.4, 0.5) is 5.82 Å². The van der Waals surface area contributed by atoms with E-state index in [1.54, 1.807) is 0 Å². The van der Waals surface area contributed by atoms with Gasteiger partial charge in [-0.05, 0) is 20.3 Å². The first-order chi connectivity index (χ1) is 8.49. The second-order valence-electron chi connectivity index (χ2n) is 4.98. The minimum Gasteiger partial charge on any atom is -0.474 e. The zero-order chi connectivity index (χ0) is 13.7. The van der Waals surface area contributed by atoms with Gasteiger partial charge in [0, 0.05) is 13.0 Å². The van der Waals surface area contributed by atoms with Gasteiger partial charge in [0.1, 0.15) is 11.6 Å². The van der Waals surface area contributed by atoms with Crippen LogP contribution in [0.1, 0.15) is 57.8 Å². The van der Waals surface area contributed by atoms with E-state index in [0.29, 0.717) is 11.8 Å². The highest BCUT2D eigenvalue weighted by Crippen LogP contribution is 2.25. The molecule has 0 aromatic carbocycles. The molecule has 0 amide bonds. The van der Waals surface area contributed by atoms with Crippen molar-refractivity contribution < 1.29 is 4.74 Å². The fraction of sp³-hybridized carbons (Fsp3) is 0.714. The predicted octanol–water partition coefficient (Wildman–Crippen LogP) is 3.52. The Kier molecular flexibility index (Phi) is 5.38. The summed E-state index contributed by atoms with van der Waals surface area (Å²) in [6.45, 7) is 10.4. The number of hydrogen-bond acceptors (Lipinski definition) is 4. The molecule has 0 aliphatic heterocycles. The lowest BCUT2D eigenvalue weighted by molar-refractivity contribution is 0.199. The van der Waals surface area contributed by atoms with Gasteiger partial charge in [0.2, 0.25) is 5.88 Å². The topological polar surface area (TPSA) is 47.0 Å². The van der Waals surface area contributed by atoms with Gasteiger partial charge in [-0.2, -0.15) is 4.98 Å². The van der Waals surface area contributed by atoms with E-state index in [1.807, 2.05) is 14.0 Å². The van der Waals surface area contributed by atoms with Crippen LogP contribution in [0.25, 0.3) is 0 Å². The van der Waals surface area contributed by atoms with Crippen LogP contribution in [-0.2, 0) is 0 Å². The van der Waals surface area contributed by atoms with Crippen LogP contribution in [0.15, 0.2) is 0 Å². The van der Waals surface area contributed by atoms with E-state index in [-0.39, 0.29) is 6.10 Å². The summed E-state index contributed by atoms with van der Waals surface area (Å²) in [5.74, 6) is 2.68. The number of aromatic nitrogens is 2. The van der Waals surface area contributed by atoms with E-state index < -0.39 is 0 Å². The average Bonchev–Trinajstić information content (AvgIpc) is 2.31. The monoisotopic (exact) mass is 251 g/mol. The molecule has 1 unspecified atom stereocenters. The van der Waals surface area contributed by atoms with Crippen molar-refractivity contribution in [3.63, 3.8) is 0 Å². The molecule has 0 bridgehead atoms. The van der Waals surface area contributed by atoms with E-state index in [4.69, 9.17) is 4.74 Å². The highest BCUT2D eigenvalue weighted by Gasteiger charge is 2.15. The molecule has 4 nitrogen and oxygen atoms in total. The molecule has 18 heavy (non-hydrogen) atoms. The van der Waals surface area contributed by atoms with Crippen molar-refractivity contribution >= 4 is 5.82 Å². The molecule has 102 valence electrons. The number of rotatable bonds is 6. The van der Waals surface area contributed by atoms with E-state index in [1.165, 1.54) is 0 Å². The van der Waals surface area contributed by atoms with E-state index >= 15 is 0 Å². The Morgan fingerprint density at radius 2 is 1.89 bits per heavy atom. The molecule has 1 N–H and O–H groups in total. The zero-order valence-corrected chi connectivity index (χ0v) is 12.4. The maximum atomic E-state index is 5.93. The lowest BCUT2D eigenvalue weighted by Gasteiger charge is -2.18. The lowest BCUT2D eigenvalue weighted by Crippen LogP contribution is -2.15. The fourth-order valence-corrected chi connectivity index (χ4v) is 1.78. The highest BCUT2D eigenvalue weighted by atomic mass is 16.5. The summed E-state index contributed by atoms with van der Waals surface area (Å²) < 4.78 is 5.93. The average molecular weight is 251 g/mol. The summed E-state index contributed by atoms with van der Waals surface area (Å²) in [5.41, 5.74) is 0.977. The number of nitrogens with one attached hydrogen (secondary N) is 1. The molecule has 0 aliphatic carbocycles. The molecular weight excluding hydrogens is 226 g/mol. The molecule has 0 saturated carbocycles. The quantitative estimate of drug-likeness (QED) is 0.840. The Hall–Kier alpha value is -1.32. The summed E-state index contributed by atoms with van der Waals surface area (Å²) >= 11 is 0. The molecule has 0 radical (unpaired) electrons. The van der Waals surface area contributed by atoms with Crippen molar-refractivity contribution in [1.82, 2.24) is 9.97 Å². The Bertz CT molecular complexity index is 391. The fourth-order valence-electron chi connectivity index (χ4n) is 1.78. The van der Waals surface area contributed by atoms with Crippen molar-refractivity contribution in [2.75, 3.05) is 12.4 Å². The van der Waals surface area contributed by atoms with Crippen molar-refractivity contribution in [2.24, 2.45) is 0 Å². The first-order valence-corrected chi connectivity index (χ1v) is 6.72. The Balaban J connectivity index is 3.04. The van der Waals surface area contributed by atoms with Crippen LogP contribution < -0.4 is 10.1 Å². The molecule has 0 fully saturated rings. The number of hydrogen-bond donors (Lipinski definition) is 1. The summed E-state index contributed by atoms with van der Waals surface area (Å²) in [6, 6.07) is 0. The number of ether oxygens (including phenoxy) is 1. The smallest absolute Gasteiger partial charge is 0.222 e. The van der Waals surface area contributed by atoms with Crippen LogP contribution in [0, 0.1) is 6.92 Å². The molecule has 1 rings (SSSR count). The van der Waals surface area contributed by atoms with Gasteiger partial charge in [0.05, 0.1) is 11.7 Å². The van der Waals surface area contributed by atoms with Gasteiger partial charge >= 0.3 is 0 Å². The van der Waals surface area contributed by atoms with Gasteiger partial charge in [-0.15, -0.1) is 0 Å². The van der Waals surface area contributed by atoms with Gasteiger partial charge < -0.3 is 10.1 Å². The third-order valence-electron chi connectivity index (χ3n) is 2.88. The first-order valence-electron chi connectivity index (χ1n) is 6.72. The van der Waals surface area contributed by atoms with Gasteiger partial charge in [-0.25, -0.2) is 4.98 Å². The van der Waals surface area contributed by atoms with E-state index in [2.05, 4.69) is 43.0 Å². The highest BCUT2D eigenvalue weighted by molar-refractivity contribution is 5.48. The summed E-state index contributed by atoms with van der Waals surface area (Å²) in [7, 11) is 1.87. The minimum absolute atomic E-state index is 0.188. The minimum atomic E-state index is 0.188. The number of anilines is 1. The Labute approximate surface area is 110 Å². The van der Waals surface area contributed by atoms with Crippen LogP contribution in [-0.4, -0.2) is 23.1 Å². The summed E-state index contributed by atoms with van der Waals surface area (Å²) in [4.78, 5) is 9.03. The standard InChI is InChI=1S/C14H25N3O/c1-7-8-10(4)18-14-11(5)13(15-6)16-12(17-14)9(2)3/h9-10H,7-8H2,1-6H3,(H,15,16,17). The molecule has 0 aliphatic rings. The molecule has 1 atom stereocenters. The first kappa shape index (κ1) is 14.7. The van der Waals surface area contributed by atoms with Crippen LogP contribution in [0.3, 0.4) is 0 Å². The molecule has 0 spiro atoms. The second-order valence-corrected chi connectivity index (χ2v) is 4.98. The van der Waals surface area contributed by atoms with Crippen LogP contribution >= 0.6 is 0 Å². The lowest BCUT2D eigenvalue weighted by atomic mass is 10.2. The molecule has 1 heterocycles. The maximum absolute atomic E-state index is 5.93. The number of nitrogens with zero attached hydrogens (tertiary/aromatic N) is 2. The molecule has 1 aromatic heterocycles. The molecular formula is C14H25N3O. The van der Waals surface area contributed by atoms with E-state index in [0.717, 1.165) is 30.0 Å².